The van der Waals surface area contributed by atoms with E-state index in [0.29, 0.717) is 12.3 Å². The van der Waals surface area contributed by atoms with Crippen LogP contribution in [0.3, 0.4) is 0 Å². The van der Waals surface area contributed by atoms with Crippen molar-refractivity contribution in [2.24, 2.45) is 4.99 Å². The molecule has 1 aliphatic rings. The monoisotopic (exact) mass is 497 g/mol. The average Bonchev–Trinajstić information content (AvgIpc) is 2.69. The van der Waals surface area contributed by atoms with E-state index in [1.165, 1.54) is 6.07 Å². The van der Waals surface area contributed by atoms with Crippen LogP contribution in [0.25, 0.3) is 0 Å². The number of nitrogens with zero attached hydrogens (tertiary/aromatic N) is 4. The molecule has 0 radical (unpaired) electrons. The number of anilines is 1. The summed E-state index contributed by atoms with van der Waals surface area (Å²) >= 11 is 0. The van der Waals surface area contributed by atoms with E-state index >= 15 is 0 Å². The van der Waals surface area contributed by atoms with Crippen molar-refractivity contribution in [1.82, 2.24) is 10.2 Å². The van der Waals surface area contributed by atoms with Gasteiger partial charge in [0.2, 0.25) is 0 Å². The Kier molecular flexibility index (Phi) is 7.85. The highest BCUT2D eigenvalue weighted by Gasteiger charge is 2.21. The Morgan fingerprint density at radius 2 is 1.89 bits per heavy atom. The van der Waals surface area contributed by atoms with Gasteiger partial charge in [-0.05, 0) is 17.7 Å². The van der Waals surface area contributed by atoms with Gasteiger partial charge in [0.05, 0.1) is 10.6 Å². The quantitative estimate of drug-likeness (QED) is 0.222. The van der Waals surface area contributed by atoms with Gasteiger partial charge < -0.3 is 20.2 Å². The molecule has 1 fully saturated rings. The van der Waals surface area contributed by atoms with E-state index in [9.17, 15) is 15.2 Å². The van der Waals surface area contributed by atoms with Gasteiger partial charge in [0, 0.05) is 51.9 Å². The first-order valence-electron chi connectivity index (χ1n) is 8.80. The van der Waals surface area contributed by atoms with Crippen molar-refractivity contribution in [3.8, 4) is 5.75 Å². The van der Waals surface area contributed by atoms with Gasteiger partial charge >= 0.3 is 0 Å². The highest BCUT2D eigenvalue weighted by molar-refractivity contribution is 14.0. The second kappa shape index (κ2) is 10.1. The summed E-state index contributed by atoms with van der Waals surface area (Å²) in [5.41, 5.74) is 1.76. The number of piperazine rings is 1. The maximum atomic E-state index is 10.9. The number of para-hydroxylation sites is 2. The minimum Gasteiger partial charge on any atom is -0.506 e. The molecule has 0 unspecified atom stereocenters. The van der Waals surface area contributed by atoms with Crippen LogP contribution >= 0.6 is 24.0 Å². The number of aromatic hydroxyl groups is 1. The Bertz CT molecular complexity index is 838. The van der Waals surface area contributed by atoms with Crippen LogP contribution in [0.2, 0.25) is 0 Å². The minimum atomic E-state index is -0.392. The van der Waals surface area contributed by atoms with Crippen molar-refractivity contribution >= 4 is 41.3 Å². The third-order valence-electron chi connectivity index (χ3n) is 4.59. The van der Waals surface area contributed by atoms with E-state index in [0.717, 1.165) is 43.4 Å². The van der Waals surface area contributed by atoms with Crippen molar-refractivity contribution in [1.29, 1.82) is 0 Å². The predicted molar refractivity (Wildman–Crippen MR) is 121 cm³/mol. The van der Waals surface area contributed by atoms with Crippen LogP contribution in [0.15, 0.2) is 53.5 Å². The van der Waals surface area contributed by atoms with Crippen LogP contribution in [0, 0.1) is 10.1 Å². The van der Waals surface area contributed by atoms with Crippen molar-refractivity contribution in [3.05, 3.63) is 64.2 Å². The molecule has 1 heterocycles. The molecule has 2 aromatic carbocycles. The lowest BCUT2D eigenvalue weighted by Gasteiger charge is -2.37. The van der Waals surface area contributed by atoms with E-state index in [4.69, 9.17) is 0 Å². The van der Waals surface area contributed by atoms with Gasteiger partial charge in [0.25, 0.3) is 5.69 Å². The number of nitro groups is 1. The summed E-state index contributed by atoms with van der Waals surface area (Å²) in [6, 6.07) is 13.9. The number of hydrogen-bond acceptors (Lipinski definition) is 5. The van der Waals surface area contributed by atoms with E-state index in [1.54, 1.807) is 25.2 Å². The second-order valence-electron chi connectivity index (χ2n) is 6.29. The van der Waals surface area contributed by atoms with Crippen LogP contribution in [0.1, 0.15) is 5.56 Å². The lowest BCUT2D eigenvalue weighted by molar-refractivity contribution is -0.384. The summed E-state index contributed by atoms with van der Waals surface area (Å²) in [5, 5.41) is 24.2. The molecule has 1 aliphatic heterocycles. The molecular weight excluding hydrogens is 473 g/mol. The van der Waals surface area contributed by atoms with Gasteiger partial charge in [-0.3, -0.25) is 15.1 Å². The molecule has 0 bridgehead atoms. The first-order valence-corrected chi connectivity index (χ1v) is 8.80. The molecule has 0 spiro atoms. The number of non-ortho nitro benzene ring substituents is 1. The fraction of sp³-hybridized carbons (Fsp3) is 0.316. The Hall–Kier alpha value is -2.56. The van der Waals surface area contributed by atoms with E-state index < -0.39 is 4.92 Å². The summed E-state index contributed by atoms with van der Waals surface area (Å²) < 4.78 is 0. The van der Waals surface area contributed by atoms with Gasteiger partial charge in [0.15, 0.2) is 5.96 Å². The number of nitro benzene ring substituents is 1. The number of benzene rings is 2. The summed E-state index contributed by atoms with van der Waals surface area (Å²) in [6.07, 6.45) is 0. The van der Waals surface area contributed by atoms with Crippen LogP contribution in [-0.2, 0) is 6.54 Å². The maximum Gasteiger partial charge on any atom is 0.269 e. The van der Waals surface area contributed by atoms with Crippen LogP contribution in [-0.4, -0.2) is 54.1 Å². The number of nitrogens with one attached hydrogen (secondary N) is 1. The maximum absolute atomic E-state index is 10.9. The third-order valence-corrected chi connectivity index (χ3v) is 4.59. The molecule has 0 atom stereocenters. The number of guanidine groups is 1. The Labute approximate surface area is 181 Å². The first kappa shape index (κ1) is 21.7. The second-order valence-corrected chi connectivity index (χ2v) is 6.29. The fourth-order valence-electron chi connectivity index (χ4n) is 3.18. The minimum absolute atomic E-state index is 0. The molecule has 3 rings (SSSR count). The smallest absolute Gasteiger partial charge is 0.269 e. The van der Waals surface area contributed by atoms with Crippen molar-refractivity contribution in [2.45, 2.75) is 6.54 Å². The summed E-state index contributed by atoms with van der Waals surface area (Å²) in [4.78, 5) is 19.1. The highest BCUT2D eigenvalue weighted by atomic mass is 127. The summed E-state index contributed by atoms with van der Waals surface area (Å²) in [5.74, 6) is 1.05. The molecule has 0 saturated carbocycles. The van der Waals surface area contributed by atoms with Gasteiger partial charge in [-0.25, -0.2) is 0 Å². The number of rotatable bonds is 4. The van der Waals surface area contributed by atoms with Gasteiger partial charge in [0.1, 0.15) is 5.75 Å². The Morgan fingerprint density at radius 1 is 1.18 bits per heavy atom. The number of phenolic OH excluding ortho intramolecular Hbond substituents is 1. The normalized spacial score (nSPS) is 14.4. The topological polar surface area (TPSA) is 94.2 Å². The summed E-state index contributed by atoms with van der Waals surface area (Å²) in [7, 11) is 1.73. The zero-order valence-electron chi connectivity index (χ0n) is 15.6. The molecule has 28 heavy (non-hydrogen) atoms. The highest BCUT2D eigenvalue weighted by Crippen LogP contribution is 2.27. The first-order chi connectivity index (χ1) is 13.1. The lowest BCUT2D eigenvalue weighted by atomic mass is 10.2. The third kappa shape index (κ3) is 5.24. The van der Waals surface area contributed by atoms with Gasteiger partial charge in [-0.2, -0.15) is 0 Å². The van der Waals surface area contributed by atoms with Gasteiger partial charge in [-0.15, -0.1) is 24.0 Å². The van der Waals surface area contributed by atoms with Crippen LogP contribution < -0.4 is 10.2 Å². The Morgan fingerprint density at radius 3 is 2.54 bits per heavy atom. The zero-order chi connectivity index (χ0) is 19.2. The molecule has 9 heteroatoms. The van der Waals surface area contributed by atoms with E-state index in [1.807, 2.05) is 24.3 Å². The molecule has 0 amide bonds. The predicted octanol–water partition coefficient (Wildman–Crippen LogP) is 2.82. The molecule has 0 aliphatic carbocycles. The molecule has 1 saturated heterocycles. The van der Waals surface area contributed by atoms with Gasteiger partial charge in [-0.1, -0.05) is 24.3 Å². The van der Waals surface area contributed by atoms with Crippen molar-refractivity contribution in [3.63, 3.8) is 0 Å². The van der Waals surface area contributed by atoms with E-state index in [-0.39, 0.29) is 29.7 Å². The standard InChI is InChI=1S/C19H23N5O3.HI/c1-20-19(21-14-15-5-4-6-16(13-15)24(26)27)23-11-9-22(10-12-23)17-7-2-3-8-18(17)25;/h2-8,13,25H,9-12,14H2,1H3,(H,20,21);1H. The molecule has 150 valence electrons. The van der Waals surface area contributed by atoms with Crippen molar-refractivity contribution < 1.29 is 10.0 Å². The molecule has 2 N–H and O–H groups in total. The zero-order valence-corrected chi connectivity index (χ0v) is 17.9. The SMILES string of the molecule is CN=C(NCc1cccc([N+](=O)[O-])c1)N1CCN(c2ccccc2O)CC1.I. The lowest BCUT2D eigenvalue weighted by Crippen LogP contribution is -2.52. The van der Waals surface area contributed by atoms with E-state index in [2.05, 4.69) is 20.1 Å². The van der Waals surface area contributed by atoms with Crippen LogP contribution in [0.4, 0.5) is 11.4 Å². The number of aliphatic imine (C=N–C) groups is 1. The fourth-order valence-corrected chi connectivity index (χ4v) is 3.18. The largest absolute Gasteiger partial charge is 0.506 e. The molecule has 8 nitrogen and oxygen atoms in total. The number of phenols is 1. The number of halogens is 1. The Balaban J connectivity index is 0.00000280. The summed E-state index contributed by atoms with van der Waals surface area (Å²) in [6.45, 7) is 3.55. The molecule has 2 aromatic rings. The number of hydrogen-bond donors (Lipinski definition) is 2. The average molecular weight is 497 g/mol. The molecule has 0 aromatic heterocycles. The van der Waals surface area contributed by atoms with Crippen molar-refractivity contribution in [2.75, 3.05) is 38.1 Å². The molecular formula is C19H24IN5O3. The van der Waals surface area contributed by atoms with Crippen LogP contribution in [0.5, 0.6) is 5.75 Å².